The molecule has 2 aromatic carbocycles. The molecule has 10 heteroatoms. The van der Waals surface area contributed by atoms with E-state index in [1.807, 2.05) is 25.1 Å². The minimum atomic E-state index is -3.89. The maximum atomic E-state index is 13.4. The minimum absolute atomic E-state index is 0.135. The van der Waals surface area contributed by atoms with Crippen LogP contribution in [0.2, 0.25) is 5.02 Å². The Balaban J connectivity index is 1.31. The van der Waals surface area contributed by atoms with Gasteiger partial charge in [-0.3, -0.25) is 4.79 Å². The second kappa shape index (κ2) is 11.5. The van der Waals surface area contributed by atoms with Gasteiger partial charge in [-0.1, -0.05) is 24.6 Å². The number of halogens is 1. The molecule has 0 unspecified atom stereocenters. The summed E-state index contributed by atoms with van der Waals surface area (Å²) in [5.41, 5.74) is 3.45. The molecule has 44 heavy (non-hydrogen) atoms. The first-order valence-corrected chi connectivity index (χ1v) is 18.2. The van der Waals surface area contributed by atoms with E-state index in [4.69, 9.17) is 25.8 Å². The molecule has 1 N–H and O–H groups in total. The predicted molar refractivity (Wildman–Crippen MR) is 170 cm³/mol. The molecular formula is C34H43ClN2O6S. The van der Waals surface area contributed by atoms with Gasteiger partial charge in [-0.15, -0.1) is 0 Å². The average molecular weight is 643 g/mol. The van der Waals surface area contributed by atoms with Crippen LogP contribution >= 0.6 is 11.6 Å². The van der Waals surface area contributed by atoms with Crippen LogP contribution in [0.1, 0.15) is 80.3 Å². The Morgan fingerprint density at radius 2 is 1.82 bits per heavy atom. The normalized spacial score (nSPS) is 33.0. The number of ether oxygens (including phenoxy) is 3. The Morgan fingerprint density at radius 1 is 1.00 bits per heavy atom. The molecule has 7 rings (SSSR count). The number of benzene rings is 2. The van der Waals surface area contributed by atoms with Gasteiger partial charge in [-0.05, 0) is 105 Å². The highest BCUT2D eigenvalue weighted by molar-refractivity contribution is 7.90. The van der Waals surface area contributed by atoms with Gasteiger partial charge in [-0.2, -0.15) is 0 Å². The summed E-state index contributed by atoms with van der Waals surface area (Å²) in [7, 11) is -3.89. The third-order valence-corrected chi connectivity index (χ3v) is 13.4. The summed E-state index contributed by atoms with van der Waals surface area (Å²) in [6.45, 7) is 6.82. The fourth-order valence-corrected chi connectivity index (χ4v) is 9.92. The number of hydrogen-bond acceptors (Lipinski definition) is 7. The first-order chi connectivity index (χ1) is 21.1. The number of amides is 1. The Morgan fingerprint density at radius 3 is 2.59 bits per heavy atom. The molecule has 5 atom stereocenters. The monoisotopic (exact) mass is 642 g/mol. The van der Waals surface area contributed by atoms with Gasteiger partial charge in [0.05, 0.1) is 30.8 Å². The molecule has 2 aromatic rings. The lowest BCUT2D eigenvalue weighted by Gasteiger charge is -2.49. The molecule has 238 valence electrons. The van der Waals surface area contributed by atoms with E-state index in [0.717, 1.165) is 68.7 Å². The fraction of sp³-hybridized carbons (Fsp3) is 0.618. The lowest BCUT2D eigenvalue weighted by Crippen LogP contribution is -2.53. The molecule has 8 nitrogen and oxygen atoms in total. The first kappa shape index (κ1) is 30.3. The molecule has 3 heterocycles. The number of carbonyl (C=O) groups is 1. The Bertz CT molecular complexity index is 1540. The molecule has 2 aliphatic carbocycles. The minimum Gasteiger partial charge on any atom is -0.490 e. The maximum Gasteiger partial charge on any atom is 0.264 e. The Labute approximate surface area is 265 Å². The number of rotatable bonds is 0. The summed E-state index contributed by atoms with van der Waals surface area (Å²) in [6, 6.07) is 11.6. The number of hydrogen-bond donors (Lipinski definition) is 1. The zero-order chi connectivity index (χ0) is 30.7. The second-order valence-electron chi connectivity index (χ2n) is 13.8. The van der Waals surface area contributed by atoms with Crippen LogP contribution in [-0.4, -0.2) is 58.3 Å². The van der Waals surface area contributed by atoms with Crippen LogP contribution in [0.3, 0.4) is 0 Å². The van der Waals surface area contributed by atoms with Crippen molar-refractivity contribution < 1.29 is 27.4 Å². The molecule has 5 aliphatic rings. The van der Waals surface area contributed by atoms with E-state index < -0.39 is 27.0 Å². The van der Waals surface area contributed by atoms with Crippen LogP contribution in [0.25, 0.3) is 0 Å². The van der Waals surface area contributed by atoms with Crippen molar-refractivity contribution in [2.45, 2.75) is 81.7 Å². The molecular weight excluding hydrogens is 600 g/mol. The standard InChI is InChI=1S/C34H43ClN2O6S/c1-22-5-3-14-34(42-15-16-43-34)29-10-7-26(29)19-37-20-33(13-4-6-24-17-27(35)9-11-28(24)33)21-41-31-12-8-25(18-30(31)37)32(38)36-44(39,40)23(22)2/h8-9,11-12,17-18,22-23,26,29H,3-7,10,13-16,19-21H2,1-2H3,(H,36,38)/t22-,23+,26-,29+,33-/m0/s1. The van der Waals surface area contributed by atoms with E-state index >= 15 is 0 Å². The van der Waals surface area contributed by atoms with Crippen LogP contribution in [-0.2, 0) is 31.3 Å². The van der Waals surface area contributed by atoms with E-state index in [1.165, 1.54) is 11.1 Å². The van der Waals surface area contributed by atoms with Crippen molar-refractivity contribution in [2.24, 2.45) is 17.8 Å². The van der Waals surface area contributed by atoms with Crippen LogP contribution in [0.15, 0.2) is 36.4 Å². The summed E-state index contributed by atoms with van der Waals surface area (Å²) in [5.74, 6) is -0.0553. The van der Waals surface area contributed by atoms with Gasteiger partial charge in [0.25, 0.3) is 5.91 Å². The summed E-state index contributed by atoms with van der Waals surface area (Å²) >= 11 is 6.43. The van der Waals surface area contributed by atoms with Crippen molar-refractivity contribution in [2.75, 3.05) is 37.8 Å². The molecule has 1 amide bonds. The highest BCUT2D eigenvalue weighted by atomic mass is 35.5. The summed E-state index contributed by atoms with van der Waals surface area (Å²) in [6.07, 6.45) is 7.37. The lowest BCUT2D eigenvalue weighted by atomic mass is 9.66. The van der Waals surface area contributed by atoms with E-state index in [2.05, 4.69) is 21.8 Å². The fourth-order valence-electron chi connectivity index (χ4n) is 8.41. The third kappa shape index (κ3) is 5.31. The van der Waals surface area contributed by atoms with Gasteiger partial charge < -0.3 is 19.1 Å². The SMILES string of the molecule is C[C@@H]1[C@@H](C)CCCC2(OCCO2)[C@@H]2CC[C@H]2CN2C[C@@]3(CCCc4cc(Cl)ccc43)COc3ccc(cc32)C(=O)NS1(=O)=O. The number of carbonyl (C=O) groups excluding carboxylic acids is 1. The van der Waals surface area contributed by atoms with Gasteiger partial charge in [0.15, 0.2) is 5.79 Å². The average Bonchev–Trinajstić information content (AvgIpc) is 3.38. The van der Waals surface area contributed by atoms with Crippen molar-refractivity contribution in [1.29, 1.82) is 0 Å². The van der Waals surface area contributed by atoms with Crippen molar-refractivity contribution in [3.8, 4) is 5.75 Å². The smallest absolute Gasteiger partial charge is 0.264 e. The maximum absolute atomic E-state index is 13.4. The number of fused-ring (bicyclic) bond motifs is 5. The number of aryl methyl sites for hydroxylation is 1. The molecule has 2 bridgehead atoms. The quantitative estimate of drug-likeness (QED) is 0.385. The molecule has 1 saturated heterocycles. The van der Waals surface area contributed by atoms with E-state index in [-0.39, 0.29) is 17.3 Å². The van der Waals surface area contributed by atoms with Gasteiger partial charge in [0, 0.05) is 41.4 Å². The van der Waals surface area contributed by atoms with Crippen LogP contribution < -0.4 is 14.4 Å². The lowest BCUT2D eigenvalue weighted by molar-refractivity contribution is -0.232. The van der Waals surface area contributed by atoms with E-state index in [9.17, 15) is 13.2 Å². The highest BCUT2D eigenvalue weighted by Gasteiger charge is 2.52. The van der Waals surface area contributed by atoms with Crippen molar-refractivity contribution in [3.63, 3.8) is 0 Å². The van der Waals surface area contributed by atoms with Crippen LogP contribution in [0.5, 0.6) is 5.75 Å². The number of nitrogens with one attached hydrogen (secondary N) is 1. The van der Waals surface area contributed by atoms with Gasteiger partial charge >= 0.3 is 0 Å². The Kier molecular flexibility index (Phi) is 7.91. The summed E-state index contributed by atoms with van der Waals surface area (Å²) < 4.78 is 48.5. The number of sulfonamides is 1. The van der Waals surface area contributed by atoms with Crippen molar-refractivity contribution in [1.82, 2.24) is 4.72 Å². The molecule has 2 fully saturated rings. The van der Waals surface area contributed by atoms with Gasteiger partial charge in [0.1, 0.15) is 5.75 Å². The Hall–Kier alpha value is -2.33. The third-order valence-electron chi connectivity index (χ3n) is 11.2. The van der Waals surface area contributed by atoms with E-state index in [1.54, 1.807) is 13.0 Å². The van der Waals surface area contributed by atoms with Crippen molar-refractivity contribution in [3.05, 3.63) is 58.1 Å². The molecule has 0 aromatic heterocycles. The predicted octanol–water partition coefficient (Wildman–Crippen LogP) is 5.85. The molecule has 2 spiro atoms. The molecule has 3 aliphatic heterocycles. The van der Waals surface area contributed by atoms with Gasteiger partial charge in [0.2, 0.25) is 10.0 Å². The largest absolute Gasteiger partial charge is 0.490 e. The molecule has 0 radical (unpaired) electrons. The zero-order valence-corrected chi connectivity index (χ0v) is 27.2. The van der Waals surface area contributed by atoms with E-state index in [0.29, 0.717) is 43.5 Å². The summed E-state index contributed by atoms with van der Waals surface area (Å²) in [5, 5.41) is 0.0229. The number of nitrogens with zero attached hydrogens (tertiary/aromatic N) is 1. The van der Waals surface area contributed by atoms with Gasteiger partial charge in [-0.25, -0.2) is 13.1 Å². The second-order valence-corrected chi connectivity index (χ2v) is 16.3. The first-order valence-electron chi connectivity index (χ1n) is 16.2. The molecule has 1 saturated carbocycles. The highest BCUT2D eigenvalue weighted by Crippen LogP contribution is 2.51. The summed E-state index contributed by atoms with van der Waals surface area (Å²) in [4.78, 5) is 15.8. The zero-order valence-electron chi connectivity index (χ0n) is 25.6. The van der Waals surface area contributed by atoms with Crippen LogP contribution in [0.4, 0.5) is 5.69 Å². The van der Waals surface area contributed by atoms with Crippen LogP contribution in [0, 0.1) is 17.8 Å². The van der Waals surface area contributed by atoms with Crippen molar-refractivity contribution >= 4 is 33.2 Å². The topological polar surface area (TPSA) is 94.2 Å². The number of anilines is 1.